The summed E-state index contributed by atoms with van der Waals surface area (Å²) in [5.74, 6) is -0.815. The third kappa shape index (κ3) is 7.43. The minimum absolute atomic E-state index is 0.176. The number of hydrogen-bond acceptors (Lipinski definition) is 3. The van der Waals surface area contributed by atoms with Gasteiger partial charge in [0.1, 0.15) is 0 Å². The van der Waals surface area contributed by atoms with Gasteiger partial charge in [0.2, 0.25) is 5.91 Å². The number of carbonyl (C=O) groups excluding carboxylic acids is 2. The summed E-state index contributed by atoms with van der Waals surface area (Å²) in [5, 5.41) is 13.1. The standard InChI is InChI=1S/C13H22N2O4/c16-11(7-8-12(17)18)15-13(19)14-9-3-6-10-4-1-2-5-10/h10H,1-9H2,(H,17,18)(H2,14,15,16,19). The maximum Gasteiger partial charge on any atom is 0.321 e. The monoisotopic (exact) mass is 270 g/mol. The molecule has 0 aromatic heterocycles. The lowest BCUT2D eigenvalue weighted by Crippen LogP contribution is -2.39. The number of carboxylic acids is 1. The first-order valence-electron chi connectivity index (χ1n) is 6.87. The van der Waals surface area contributed by atoms with E-state index in [1.54, 1.807) is 0 Å². The first-order valence-corrected chi connectivity index (χ1v) is 6.87. The number of aliphatic carboxylic acids is 1. The van der Waals surface area contributed by atoms with Gasteiger partial charge in [-0.1, -0.05) is 25.7 Å². The van der Waals surface area contributed by atoms with E-state index in [-0.39, 0.29) is 12.8 Å². The van der Waals surface area contributed by atoms with Crippen LogP contribution in [0, 0.1) is 5.92 Å². The van der Waals surface area contributed by atoms with Crippen molar-refractivity contribution in [2.75, 3.05) is 6.54 Å². The first-order chi connectivity index (χ1) is 9.08. The predicted octanol–water partition coefficient (Wildman–Crippen LogP) is 1.65. The average molecular weight is 270 g/mol. The van der Waals surface area contributed by atoms with E-state index in [1.165, 1.54) is 25.7 Å². The largest absolute Gasteiger partial charge is 0.481 e. The summed E-state index contributed by atoms with van der Waals surface area (Å²) in [7, 11) is 0. The molecule has 1 fully saturated rings. The normalized spacial score (nSPS) is 15.2. The van der Waals surface area contributed by atoms with Crippen molar-refractivity contribution in [1.29, 1.82) is 0 Å². The number of carbonyl (C=O) groups is 3. The molecule has 0 aromatic carbocycles. The maximum absolute atomic E-state index is 11.3. The van der Waals surface area contributed by atoms with E-state index < -0.39 is 17.9 Å². The van der Waals surface area contributed by atoms with Crippen LogP contribution >= 0.6 is 0 Å². The van der Waals surface area contributed by atoms with E-state index in [0.717, 1.165) is 18.8 Å². The van der Waals surface area contributed by atoms with Crippen molar-refractivity contribution in [3.63, 3.8) is 0 Å². The second-order valence-corrected chi connectivity index (χ2v) is 4.99. The van der Waals surface area contributed by atoms with E-state index in [2.05, 4.69) is 10.6 Å². The van der Waals surface area contributed by atoms with E-state index in [4.69, 9.17) is 5.11 Å². The van der Waals surface area contributed by atoms with Gasteiger partial charge >= 0.3 is 12.0 Å². The fourth-order valence-corrected chi connectivity index (χ4v) is 2.35. The molecule has 1 aliphatic rings. The number of carboxylic acid groups (broad SMARTS) is 1. The van der Waals surface area contributed by atoms with Crippen LogP contribution in [-0.2, 0) is 9.59 Å². The number of rotatable bonds is 7. The minimum Gasteiger partial charge on any atom is -0.481 e. The zero-order valence-corrected chi connectivity index (χ0v) is 11.1. The molecule has 0 unspecified atom stereocenters. The molecule has 3 N–H and O–H groups in total. The van der Waals surface area contributed by atoms with E-state index in [0.29, 0.717) is 6.54 Å². The number of hydrogen-bond donors (Lipinski definition) is 3. The number of urea groups is 1. The molecule has 1 aliphatic carbocycles. The fourth-order valence-electron chi connectivity index (χ4n) is 2.35. The van der Waals surface area contributed by atoms with Crippen LogP contribution in [0.15, 0.2) is 0 Å². The Morgan fingerprint density at radius 1 is 1.11 bits per heavy atom. The second kappa shape index (κ2) is 8.50. The van der Waals surface area contributed by atoms with Gasteiger partial charge in [0.05, 0.1) is 6.42 Å². The summed E-state index contributed by atoms with van der Waals surface area (Å²) < 4.78 is 0. The SMILES string of the molecule is O=C(O)CCC(=O)NC(=O)NCCCC1CCCC1. The molecule has 0 heterocycles. The highest BCUT2D eigenvalue weighted by Crippen LogP contribution is 2.28. The van der Waals surface area contributed by atoms with Gasteiger partial charge in [-0.3, -0.25) is 14.9 Å². The van der Waals surface area contributed by atoms with E-state index in [9.17, 15) is 14.4 Å². The lowest BCUT2D eigenvalue weighted by Gasteiger charge is -2.09. The Balaban J connectivity index is 2.00. The van der Waals surface area contributed by atoms with Crippen LogP contribution in [0.25, 0.3) is 0 Å². The maximum atomic E-state index is 11.3. The zero-order chi connectivity index (χ0) is 14.1. The van der Waals surface area contributed by atoms with Crippen molar-refractivity contribution in [3.05, 3.63) is 0 Å². The molecule has 108 valence electrons. The Kier molecular flexibility index (Phi) is 6.92. The zero-order valence-electron chi connectivity index (χ0n) is 11.1. The van der Waals surface area contributed by atoms with Crippen molar-refractivity contribution in [1.82, 2.24) is 10.6 Å². The van der Waals surface area contributed by atoms with Crippen LogP contribution in [0.3, 0.4) is 0 Å². The van der Waals surface area contributed by atoms with Gasteiger partial charge in [0, 0.05) is 13.0 Å². The van der Waals surface area contributed by atoms with Gasteiger partial charge < -0.3 is 10.4 Å². The molecule has 1 saturated carbocycles. The number of amides is 3. The molecule has 0 atom stereocenters. The van der Waals surface area contributed by atoms with Gasteiger partial charge in [-0.15, -0.1) is 0 Å². The summed E-state index contributed by atoms with van der Waals surface area (Å²) in [6.07, 6.45) is 6.81. The summed E-state index contributed by atoms with van der Waals surface area (Å²) in [6.45, 7) is 0.550. The van der Waals surface area contributed by atoms with Crippen LogP contribution in [-0.4, -0.2) is 29.6 Å². The topological polar surface area (TPSA) is 95.5 Å². The molecule has 19 heavy (non-hydrogen) atoms. The van der Waals surface area contributed by atoms with Gasteiger partial charge in [-0.25, -0.2) is 4.79 Å². The summed E-state index contributed by atoms with van der Waals surface area (Å²) in [4.78, 5) is 32.7. The molecule has 0 saturated heterocycles. The molecule has 0 bridgehead atoms. The van der Waals surface area contributed by atoms with Crippen molar-refractivity contribution < 1.29 is 19.5 Å². The molecule has 0 aliphatic heterocycles. The van der Waals surface area contributed by atoms with Gasteiger partial charge in [-0.2, -0.15) is 0 Å². The van der Waals surface area contributed by atoms with E-state index >= 15 is 0 Å². The number of nitrogens with one attached hydrogen (secondary N) is 2. The smallest absolute Gasteiger partial charge is 0.321 e. The highest BCUT2D eigenvalue weighted by Gasteiger charge is 2.14. The highest BCUT2D eigenvalue weighted by molar-refractivity contribution is 5.95. The lowest BCUT2D eigenvalue weighted by atomic mass is 10.0. The first kappa shape index (κ1) is 15.5. The quantitative estimate of drug-likeness (QED) is 0.613. The van der Waals surface area contributed by atoms with Gasteiger partial charge in [0.15, 0.2) is 0 Å². The van der Waals surface area contributed by atoms with Crippen molar-refractivity contribution in [2.24, 2.45) is 5.92 Å². The van der Waals surface area contributed by atoms with Crippen LogP contribution in [0.5, 0.6) is 0 Å². The third-order valence-electron chi connectivity index (χ3n) is 3.37. The van der Waals surface area contributed by atoms with Crippen LogP contribution in [0.2, 0.25) is 0 Å². The van der Waals surface area contributed by atoms with Crippen LogP contribution < -0.4 is 10.6 Å². The molecule has 1 rings (SSSR count). The Morgan fingerprint density at radius 3 is 2.42 bits per heavy atom. The lowest BCUT2D eigenvalue weighted by molar-refractivity contribution is -0.138. The molecule has 0 radical (unpaired) electrons. The Morgan fingerprint density at radius 2 is 1.79 bits per heavy atom. The highest BCUT2D eigenvalue weighted by atomic mass is 16.4. The summed E-state index contributed by atoms with van der Waals surface area (Å²) >= 11 is 0. The van der Waals surface area contributed by atoms with Crippen LogP contribution in [0.4, 0.5) is 4.79 Å². The Bertz CT molecular complexity index is 325. The van der Waals surface area contributed by atoms with Crippen molar-refractivity contribution in [2.45, 2.75) is 51.4 Å². The summed E-state index contributed by atoms with van der Waals surface area (Å²) in [5.41, 5.74) is 0. The summed E-state index contributed by atoms with van der Waals surface area (Å²) in [6, 6.07) is -0.540. The van der Waals surface area contributed by atoms with Crippen molar-refractivity contribution in [3.8, 4) is 0 Å². The second-order valence-electron chi connectivity index (χ2n) is 4.99. The average Bonchev–Trinajstić information content (AvgIpc) is 2.85. The van der Waals surface area contributed by atoms with Crippen molar-refractivity contribution >= 4 is 17.9 Å². The molecule has 0 spiro atoms. The Labute approximate surface area is 112 Å². The predicted molar refractivity (Wildman–Crippen MR) is 69.6 cm³/mol. The molecule has 6 nitrogen and oxygen atoms in total. The third-order valence-corrected chi connectivity index (χ3v) is 3.37. The molecule has 3 amide bonds. The number of imide groups is 1. The molecule has 0 aromatic rings. The fraction of sp³-hybridized carbons (Fsp3) is 0.769. The minimum atomic E-state index is -1.05. The van der Waals surface area contributed by atoms with Gasteiger partial charge in [0.25, 0.3) is 0 Å². The molecular formula is C13H22N2O4. The molecular weight excluding hydrogens is 248 g/mol. The van der Waals surface area contributed by atoms with Crippen LogP contribution in [0.1, 0.15) is 51.4 Å². The van der Waals surface area contributed by atoms with Gasteiger partial charge in [-0.05, 0) is 18.8 Å². The van der Waals surface area contributed by atoms with E-state index in [1.807, 2.05) is 0 Å². The Hall–Kier alpha value is -1.59. The molecule has 6 heteroatoms.